The molecule has 0 atom stereocenters. The summed E-state index contributed by atoms with van der Waals surface area (Å²) in [5.74, 6) is -0.472. The molecule has 0 radical (unpaired) electrons. The highest BCUT2D eigenvalue weighted by molar-refractivity contribution is 5.89. The largest absolute Gasteiger partial charge is 0.442 e. The van der Waals surface area contributed by atoms with E-state index in [2.05, 4.69) is 10.1 Å². The van der Waals surface area contributed by atoms with E-state index in [-0.39, 0.29) is 12.3 Å². The van der Waals surface area contributed by atoms with Crippen LogP contribution in [0.15, 0.2) is 64.2 Å². The zero-order valence-corrected chi connectivity index (χ0v) is 13.5. The van der Waals surface area contributed by atoms with Gasteiger partial charge < -0.3 is 0 Å². The first-order chi connectivity index (χ1) is 11.5. The summed E-state index contributed by atoms with van der Waals surface area (Å²) in [6.45, 7) is 3.56. The number of Topliss-reactive ketones (excluding diaryl/α,β-unsaturated/α-hetero) is 1. The molecule has 0 aliphatic heterocycles. The molecule has 0 bridgehead atoms. The highest BCUT2D eigenvalue weighted by atomic mass is 16.5. The fourth-order valence-corrected chi connectivity index (χ4v) is 2.47. The molecule has 0 amide bonds. The monoisotopic (exact) mass is 323 g/mol. The van der Waals surface area contributed by atoms with Crippen LogP contribution in [0.1, 0.15) is 19.4 Å². The maximum absolute atomic E-state index is 12.8. The smallest absolute Gasteiger partial charge is 0.297 e. The van der Waals surface area contributed by atoms with Crippen LogP contribution in [0.2, 0.25) is 0 Å². The summed E-state index contributed by atoms with van der Waals surface area (Å²) in [7, 11) is 0. The Morgan fingerprint density at radius 2 is 1.92 bits per heavy atom. The van der Waals surface area contributed by atoms with Crippen LogP contribution in [-0.2, 0) is 16.8 Å². The fraction of sp³-hybridized carbons (Fsp3) is 0.222. The van der Waals surface area contributed by atoms with Crippen molar-refractivity contribution in [3.05, 3.63) is 71.0 Å². The Hall–Kier alpha value is -3.02. The zero-order chi connectivity index (χ0) is 17.2. The Morgan fingerprint density at radius 1 is 1.17 bits per heavy atom. The van der Waals surface area contributed by atoms with Crippen molar-refractivity contribution in [3.8, 4) is 11.4 Å². The van der Waals surface area contributed by atoms with Crippen LogP contribution >= 0.6 is 0 Å². The molecule has 24 heavy (non-hydrogen) atoms. The SMILES string of the molecule is CC(C)(C(=O)Cn1c(-c2cccnc2)noc1=O)c1ccccc1. The molecule has 0 aliphatic rings. The van der Waals surface area contributed by atoms with E-state index in [4.69, 9.17) is 4.52 Å². The molecule has 2 aromatic heterocycles. The maximum Gasteiger partial charge on any atom is 0.442 e. The highest BCUT2D eigenvalue weighted by Gasteiger charge is 2.31. The van der Waals surface area contributed by atoms with Crippen molar-refractivity contribution in [1.29, 1.82) is 0 Å². The number of rotatable bonds is 5. The minimum Gasteiger partial charge on any atom is -0.297 e. The second-order valence-corrected chi connectivity index (χ2v) is 6.01. The molecule has 0 saturated carbocycles. The van der Waals surface area contributed by atoms with Gasteiger partial charge in [0.15, 0.2) is 11.6 Å². The van der Waals surface area contributed by atoms with Gasteiger partial charge in [-0.15, -0.1) is 0 Å². The summed E-state index contributed by atoms with van der Waals surface area (Å²) in [5, 5.41) is 3.78. The van der Waals surface area contributed by atoms with Gasteiger partial charge in [0.2, 0.25) is 0 Å². The van der Waals surface area contributed by atoms with Crippen molar-refractivity contribution in [1.82, 2.24) is 14.7 Å². The second-order valence-electron chi connectivity index (χ2n) is 6.01. The molecule has 0 fully saturated rings. The fourth-order valence-electron chi connectivity index (χ4n) is 2.47. The quantitative estimate of drug-likeness (QED) is 0.720. The van der Waals surface area contributed by atoms with E-state index in [0.717, 1.165) is 5.56 Å². The molecule has 2 heterocycles. The maximum atomic E-state index is 12.8. The van der Waals surface area contributed by atoms with Gasteiger partial charge >= 0.3 is 5.76 Å². The van der Waals surface area contributed by atoms with Gasteiger partial charge in [-0.25, -0.2) is 9.36 Å². The third kappa shape index (κ3) is 2.90. The molecule has 0 N–H and O–H groups in total. The number of hydrogen-bond acceptors (Lipinski definition) is 5. The summed E-state index contributed by atoms with van der Waals surface area (Å²) >= 11 is 0. The molecule has 0 unspecified atom stereocenters. The standard InChI is InChI=1S/C18H17N3O3/c1-18(2,14-8-4-3-5-9-14)15(22)12-21-16(20-24-17(21)23)13-7-6-10-19-11-13/h3-11H,12H2,1-2H3. The molecule has 0 aliphatic carbocycles. The summed E-state index contributed by atoms with van der Waals surface area (Å²) < 4.78 is 5.99. The molecule has 0 saturated heterocycles. The van der Waals surface area contributed by atoms with E-state index in [1.807, 2.05) is 44.2 Å². The average Bonchev–Trinajstić information content (AvgIpc) is 2.97. The zero-order valence-electron chi connectivity index (χ0n) is 13.5. The van der Waals surface area contributed by atoms with E-state index in [1.165, 1.54) is 4.57 Å². The lowest BCUT2D eigenvalue weighted by Gasteiger charge is -2.23. The number of benzene rings is 1. The predicted molar refractivity (Wildman–Crippen MR) is 88.5 cm³/mol. The minimum absolute atomic E-state index is 0.107. The minimum atomic E-state index is -0.732. The van der Waals surface area contributed by atoms with Crippen molar-refractivity contribution in [2.24, 2.45) is 0 Å². The van der Waals surface area contributed by atoms with E-state index in [9.17, 15) is 9.59 Å². The number of pyridine rings is 1. The summed E-state index contributed by atoms with van der Waals surface area (Å²) in [6.07, 6.45) is 3.19. The Bertz CT molecular complexity index is 896. The molecule has 3 aromatic rings. The van der Waals surface area contributed by atoms with Crippen LogP contribution in [0.5, 0.6) is 0 Å². The normalized spacial score (nSPS) is 11.4. The number of ketones is 1. The third-order valence-corrected chi connectivity index (χ3v) is 4.10. The van der Waals surface area contributed by atoms with Crippen molar-refractivity contribution in [2.75, 3.05) is 0 Å². The molecule has 6 nitrogen and oxygen atoms in total. The van der Waals surface area contributed by atoms with Gasteiger partial charge in [0.1, 0.15) is 0 Å². The van der Waals surface area contributed by atoms with Crippen LogP contribution in [-0.4, -0.2) is 20.5 Å². The van der Waals surface area contributed by atoms with Gasteiger partial charge in [-0.1, -0.05) is 35.5 Å². The van der Waals surface area contributed by atoms with Crippen LogP contribution in [0.25, 0.3) is 11.4 Å². The van der Waals surface area contributed by atoms with Crippen molar-refractivity contribution >= 4 is 5.78 Å². The lowest BCUT2D eigenvalue weighted by atomic mass is 9.80. The lowest BCUT2D eigenvalue weighted by Crippen LogP contribution is -2.34. The summed E-state index contributed by atoms with van der Waals surface area (Å²) in [5.41, 5.74) is 0.778. The Kier molecular flexibility index (Phi) is 4.12. The van der Waals surface area contributed by atoms with E-state index in [1.54, 1.807) is 24.5 Å². The Morgan fingerprint density at radius 3 is 2.58 bits per heavy atom. The molecular weight excluding hydrogens is 306 g/mol. The van der Waals surface area contributed by atoms with Crippen LogP contribution < -0.4 is 5.76 Å². The van der Waals surface area contributed by atoms with Crippen LogP contribution in [0.3, 0.4) is 0 Å². The number of hydrogen-bond donors (Lipinski definition) is 0. The first-order valence-corrected chi connectivity index (χ1v) is 7.56. The molecule has 3 rings (SSSR count). The molecular formula is C18H17N3O3. The second kappa shape index (κ2) is 6.23. The van der Waals surface area contributed by atoms with Crippen LogP contribution in [0.4, 0.5) is 0 Å². The van der Waals surface area contributed by atoms with Crippen molar-refractivity contribution < 1.29 is 9.32 Å². The van der Waals surface area contributed by atoms with Crippen molar-refractivity contribution in [3.63, 3.8) is 0 Å². The molecule has 122 valence electrons. The lowest BCUT2D eigenvalue weighted by molar-refractivity contribution is -0.124. The number of carbonyl (C=O) groups excluding carboxylic acids is 1. The number of nitrogens with zero attached hydrogens (tertiary/aromatic N) is 3. The highest BCUT2D eigenvalue weighted by Crippen LogP contribution is 2.25. The molecule has 1 aromatic carbocycles. The third-order valence-electron chi connectivity index (χ3n) is 4.10. The van der Waals surface area contributed by atoms with Gasteiger partial charge in [-0.2, -0.15) is 0 Å². The molecule has 6 heteroatoms. The first-order valence-electron chi connectivity index (χ1n) is 7.56. The predicted octanol–water partition coefficient (Wildman–Crippen LogP) is 2.45. The van der Waals surface area contributed by atoms with E-state index < -0.39 is 11.2 Å². The van der Waals surface area contributed by atoms with E-state index in [0.29, 0.717) is 11.4 Å². The van der Waals surface area contributed by atoms with E-state index >= 15 is 0 Å². The topological polar surface area (TPSA) is 78.0 Å². The van der Waals surface area contributed by atoms with Crippen molar-refractivity contribution in [2.45, 2.75) is 25.8 Å². The van der Waals surface area contributed by atoms with Gasteiger partial charge in [-0.3, -0.25) is 14.3 Å². The Labute approximate surface area is 138 Å². The van der Waals surface area contributed by atoms with Gasteiger partial charge in [0.25, 0.3) is 0 Å². The number of carbonyl (C=O) groups is 1. The average molecular weight is 323 g/mol. The Balaban J connectivity index is 1.94. The van der Waals surface area contributed by atoms with Gasteiger partial charge in [0.05, 0.1) is 12.0 Å². The summed E-state index contributed by atoms with van der Waals surface area (Å²) in [4.78, 5) is 28.8. The van der Waals surface area contributed by atoms with Gasteiger partial charge in [-0.05, 0) is 31.5 Å². The summed E-state index contributed by atoms with van der Waals surface area (Å²) in [6, 6.07) is 13.0. The number of aromatic nitrogens is 3. The van der Waals surface area contributed by atoms with Crippen LogP contribution in [0, 0.1) is 0 Å². The first kappa shape index (κ1) is 15.9. The van der Waals surface area contributed by atoms with Gasteiger partial charge in [0, 0.05) is 18.0 Å². The molecule has 0 spiro atoms.